The van der Waals surface area contributed by atoms with E-state index in [1.54, 1.807) is 23.1 Å². The van der Waals surface area contributed by atoms with Crippen molar-refractivity contribution in [1.82, 2.24) is 0 Å². The van der Waals surface area contributed by atoms with Crippen LogP contribution in [0.4, 0.5) is 5.69 Å². The number of halogens is 2. The summed E-state index contributed by atoms with van der Waals surface area (Å²) in [6.07, 6.45) is 0. The summed E-state index contributed by atoms with van der Waals surface area (Å²) in [4.78, 5) is 14.3. The van der Waals surface area contributed by atoms with E-state index in [1.165, 1.54) is 0 Å². The van der Waals surface area contributed by atoms with Crippen LogP contribution in [-0.4, -0.2) is 17.6 Å². The Balaban J connectivity index is 2.41. The fraction of sp³-hybridized carbons (Fsp3) is 0.133. The van der Waals surface area contributed by atoms with E-state index in [1.807, 2.05) is 31.2 Å². The van der Waals surface area contributed by atoms with Crippen molar-refractivity contribution >= 4 is 50.1 Å². The van der Waals surface area contributed by atoms with Gasteiger partial charge in [0.1, 0.15) is 5.75 Å². The highest BCUT2D eigenvalue weighted by atomic mass is 127. The Kier molecular flexibility index (Phi) is 5.04. The van der Waals surface area contributed by atoms with Gasteiger partial charge >= 0.3 is 0 Å². The second-order valence-corrected chi connectivity index (χ2v) is 6.29. The van der Waals surface area contributed by atoms with E-state index < -0.39 is 0 Å². The fourth-order valence-corrected chi connectivity index (χ4v) is 2.82. The summed E-state index contributed by atoms with van der Waals surface area (Å²) >= 11 is 5.59. The molecule has 0 spiro atoms. The number of nitrogens with zero attached hydrogens (tertiary/aromatic N) is 1. The van der Waals surface area contributed by atoms with E-state index in [-0.39, 0.29) is 11.7 Å². The van der Waals surface area contributed by atoms with Crippen LogP contribution < -0.4 is 4.90 Å². The lowest BCUT2D eigenvalue weighted by molar-refractivity contribution is 0.0987. The minimum atomic E-state index is -0.0940. The topological polar surface area (TPSA) is 40.5 Å². The molecule has 2 rings (SSSR count). The lowest BCUT2D eigenvalue weighted by atomic mass is 10.1. The van der Waals surface area contributed by atoms with Gasteiger partial charge in [0.15, 0.2) is 0 Å². The standard InChI is InChI=1S/C15H13BrINO2/c1-2-18(11-4-3-5-12(19)9-11)15(20)13-8-10(17)6-7-14(13)16/h3-9,19H,2H2,1H3. The molecule has 0 unspecified atom stereocenters. The molecule has 3 nitrogen and oxygen atoms in total. The Morgan fingerprint density at radius 3 is 2.70 bits per heavy atom. The predicted octanol–water partition coefficient (Wildman–Crippen LogP) is 4.43. The van der Waals surface area contributed by atoms with E-state index in [0.717, 1.165) is 8.04 Å². The minimum absolute atomic E-state index is 0.0940. The predicted molar refractivity (Wildman–Crippen MR) is 92.3 cm³/mol. The zero-order valence-electron chi connectivity index (χ0n) is 10.8. The summed E-state index contributed by atoms with van der Waals surface area (Å²) in [5.74, 6) is 0.0546. The van der Waals surface area contributed by atoms with Gasteiger partial charge < -0.3 is 10.0 Å². The van der Waals surface area contributed by atoms with E-state index in [9.17, 15) is 9.90 Å². The van der Waals surface area contributed by atoms with Crippen LogP contribution in [0.3, 0.4) is 0 Å². The maximum atomic E-state index is 12.7. The van der Waals surface area contributed by atoms with Crippen LogP contribution in [-0.2, 0) is 0 Å². The summed E-state index contributed by atoms with van der Waals surface area (Å²) in [5.41, 5.74) is 1.30. The molecule has 0 bridgehead atoms. The van der Waals surface area contributed by atoms with Crippen molar-refractivity contribution in [2.45, 2.75) is 6.92 Å². The smallest absolute Gasteiger partial charge is 0.259 e. The minimum Gasteiger partial charge on any atom is -0.508 e. The average Bonchev–Trinajstić information content (AvgIpc) is 2.42. The summed E-state index contributed by atoms with van der Waals surface area (Å²) < 4.78 is 1.77. The van der Waals surface area contributed by atoms with Crippen molar-refractivity contribution in [2.75, 3.05) is 11.4 Å². The number of phenols is 1. The van der Waals surface area contributed by atoms with Gasteiger partial charge in [0.25, 0.3) is 5.91 Å². The van der Waals surface area contributed by atoms with Crippen LogP contribution in [0.5, 0.6) is 5.75 Å². The maximum absolute atomic E-state index is 12.7. The zero-order chi connectivity index (χ0) is 14.7. The van der Waals surface area contributed by atoms with E-state index in [0.29, 0.717) is 17.8 Å². The highest BCUT2D eigenvalue weighted by Crippen LogP contribution is 2.25. The molecule has 104 valence electrons. The molecule has 0 heterocycles. The third kappa shape index (κ3) is 3.32. The summed E-state index contributed by atoms with van der Waals surface area (Å²) in [5, 5.41) is 9.56. The quantitative estimate of drug-likeness (QED) is 0.710. The Morgan fingerprint density at radius 2 is 2.05 bits per heavy atom. The first kappa shape index (κ1) is 15.3. The molecule has 0 radical (unpaired) electrons. The van der Waals surface area contributed by atoms with Crippen LogP contribution in [0, 0.1) is 3.57 Å². The number of aromatic hydroxyl groups is 1. The van der Waals surface area contributed by atoms with E-state index in [2.05, 4.69) is 38.5 Å². The Morgan fingerprint density at radius 1 is 1.30 bits per heavy atom. The van der Waals surface area contributed by atoms with E-state index >= 15 is 0 Å². The molecule has 0 aliphatic heterocycles. The monoisotopic (exact) mass is 445 g/mol. The number of carbonyl (C=O) groups is 1. The number of hydrogen-bond acceptors (Lipinski definition) is 2. The first-order chi connectivity index (χ1) is 9.52. The van der Waals surface area contributed by atoms with Crippen molar-refractivity contribution in [3.8, 4) is 5.75 Å². The number of anilines is 1. The largest absolute Gasteiger partial charge is 0.508 e. The molecule has 2 aromatic carbocycles. The van der Waals surface area contributed by atoms with Gasteiger partial charge in [-0.1, -0.05) is 6.07 Å². The molecule has 0 saturated carbocycles. The van der Waals surface area contributed by atoms with Gasteiger partial charge in [-0.05, 0) is 75.8 Å². The molecule has 2 aromatic rings. The maximum Gasteiger partial charge on any atom is 0.259 e. The number of carbonyl (C=O) groups excluding carboxylic acids is 1. The molecule has 0 aromatic heterocycles. The molecule has 1 N–H and O–H groups in total. The molecule has 0 atom stereocenters. The fourth-order valence-electron chi connectivity index (χ4n) is 1.91. The molecule has 0 aliphatic carbocycles. The van der Waals surface area contributed by atoms with Gasteiger partial charge in [0.05, 0.1) is 5.56 Å². The van der Waals surface area contributed by atoms with Crippen molar-refractivity contribution in [1.29, 1.82) is 0 Å². The Hall–Kier alpha value is -1.08. The molecular formula is C15H13BrINO2. The molecule has 0 fully saturated rings. The van der Waals surface area contributed by atoms with Gasteiger partial charge in [0, 0.05) is 26.3 Å². The van der Waals surface area contributed by atoms with Gasteiger partial charge in [-0.3, -0.25) is 4.79 Å². The Labute approximate surface area is 139 Å². The second-order valence-electron chi connectivity index (χ2n) is 4.19. The van der Waals surface area contributed by atoms with Crippen LogP contribution in [0.15, 0.2) is 46.9 Å². The number of amides is 1. The average molecular weight is 446 g/mol. The van der Waals surface area contributed by atoms with Gasteiger partial charge in [-0.25, -0.2) is 0 Å². The van der Waals surface area contributed by atoms with Crippen molar-refractivity contribution in [3.63, 3.8) is 0 Å². The number of hydrogen-bond donors (Lipinski definition) is 1. The van der Waals surface area contributed by atoms with Crippen LogP contribution in [0.25, 0.3) is 0 Å². The highest BCUT2D eigenvalue weighted by Gasteiger charge is 2.19. The van der Waals surface area contributed by atoms with Gasteiger partial charge in [0.2, 0.25) is 0 Å². The third-order valence-corrected chi connectivity index (χ3v) is 4.22. The van der Waals surface area contributed by atoms with E-state index in [4.69, 9.17) is 0 Å². The molecule has 1 amide bonds. The third-order valence-electron chi connectivity index (χ3n) is 2.86. The SMILES string of the molecule is CCN(C(=O)c1cc(I)ccc1Br)c1cccc(O)c1. The molecule has 0 aliphatic rings. The summed E-state index contributed by atoms with van der Waals surface area (Å²) in [7, 11) is 0. The van der Waals surface area contributed by atoms with Crippen molar-refractivity contribution < 1.29 is 9.90 Å². The van der Waals surface area contributed by atoms with Crippen molar-refractivity contribution in [2.24, 2.45) is 0 Å². The van der Waals surface area contributed by atoms with Crippen molar-refractivity contribution in [3.05, 3.63) is 56.1 Å². The van der Waals surface area contributed by atoms with Gasteiger partial charge in [-0.2, -0.15) is 0 Å². The lowest BCUT2D eigenvalue weighted by Crippen LogP contribution is -2.30. The lowest BCUT2D eigenvalue weighted by Gasteiger charge is -2.22. The number of rotatable bonds is 3. The first-order valence-electron chi connectivity index (χ1n) is 6.09. The van der Waals surface area contributed by atoms with Crippen LogP contribution >= 0.6 is 38.5 Å². The molecule has 5 heteroatoms. The van der Waals surface area contributed by atoms with Crippen LogP contribution in [0.2, 0.25) is 0 Å². The Bertz CT molecular complexity index is 646. The molecule has 20 heavy (non-hydrogen) atoms. The summed E-state index contributed by atoms with van der Waals surface area (Å²) in [6, 6.07) is 12.4. The molecule has 0 saturated heterocycles. The first-order valence-corrected chi connectivity index (χ1v) is 7.96. The van der Waals surface area contributed by atoms with Gasteiger partial charge in [-0.15, -0.1) is 0 Å². The normalized spacial score (nSPS) is 10.3. The zero-order valence-corrected chi connectivity index (χ0v) is 14.6. The van der Waals surface area contributed by atoms with Crippen LogP contribution in [0.1, 0.15) is 17.3 Å². The molecular weight excluding hydrogens is 433 g/mol. The summed E-state index contributed by atoms with van der Waals surface area (Å²) in [6.45, 7) is 2.43. The number of benzene rings is 2. The second kappa shape index (κ2) is 6.58. The highest BCUT2D eigenvalue weighted by molar-refractivity contribution is 14.1. The number of phenolic OH excluding ortho intramolecular Hbond substituents is 1.